The number of benzene rings is 2. The van der Waals surface area contributed by atoms with Crippen molar-refractivity contribution in [1.29, 1.82) is 0 Å². The molecular formula is C16H18N2O. The Labute approximate surface area is 113 Å². The molecule has 0 spiro atoms. The predicted molar refractivity (Wildman–Crippen MR) is 78.2 cm³/mol. The number of nitrogens with two attached hydrogens (primary N) is 1. The number of para-hydroxylation sites is 1. The number of carbonyl (C=O) groups excluding carboxylic acids is 1. The smallest absolute Gasteiger partial charge is 0.258 e. The molecule has 2 rings (SSSR count). The molecule has 0 heterocycles. The summed E-state index contributed by atoms with van der Waals surface area (Å²) in [7, 11) is 1.79. The zero-order valence-corrected chi connectivity index (χ0v) is 11.3. The minimum atomic E-state index is -0.0159. The van der Waals surface area contributed by atoms with Crippen LogP contribution in [0.2, 0.25) is 0 Å². The van der Waals surface area contributed by atoms with E-state index < -0.39 is 0 Å². The van der Waals surface area contributed by atoms with Crippen LogP contribution in [0.25, 0.3) is 0 Å². The fourth-order valence-corrected chi connectivity index (χ4v) is 2.03. The molecule has 0 radical (unpaired) electrons. The van der Waals surface area contributed by atoms with Crippen molar-refractivity contribution in [2.75, 3.05) is 11.9 Å². The van der Waals surface area contributed by atoms with Crippen LogP contribution < -0.4 is 10.6 Å². The van der Waals surface area contributed by atoms with Gasteiger partial charge in [0.1, 0.15) is 0 Å². The Morgan fingerprint density at radius 3 is 2.32 bits per heavy atom. The Morgan fingerprint density at radius 1 is 1.11 bits per heavy atom. The Bertz CT molecular complexity index is 576. The molecule has 19 heavy (non-hydrogen) atoms. The Kier molecular flexibility index (Phi) is 3.97. The summed E-state index contributed by atoms with van der Waals surface area (Å²) in [6.45, 7) is 2.48. The number of anilines is 1. The molecular weight excluding hydrogens is 236 g/mol. The monoisotopic (exact) mass is 254 g/mol. The van der Waals surface area contributed by atoms with E-state index in [1.165, 1.54) is 0 Å². The molecule has 2 N–H and O–H groups in total. The first-order valence-corrected chi connectivity index (χ1v) is 6.26. The van der Waals surface area contributed by atoms with Gasteiger partial charge in [0.05, 0.1) is 0 Å². The van der Waals surface area contributed by atoms with Crippen LogP contribution in [-0.2, 0) is 6.54 Å². The van der Waals surface area contributed by atoms with E-state index >= 15 is 0 Å². The van der Waals surface area contributed by atoms with Gasteiger partial charge in [0.15, 0.2) is 0 Å². The van der Waals surface area contributed by atoms with Crippen molar-refractivity contribution in [3.05, 3.63) is 65.2 Å². The molecule has 0 unspecified atom stereocenters. The van der Waals surface area contributed by atoms with Gasteiger partial charge in [0.2, 0.25) is 0 Å². The number of hydrogen-bond acceptors (Lipinski definition) is 2. The molecule has 3 heteroatoms. The van der Waals surface area contributed by atoms with Crippen LogP contribution in [0, 0.1) is 6.92 Å². The first-order valence-electron chi connectivity index (χ1n) is 6.26. The van der Waals surface area contributed by atoms with Crippen LogP contribution in [0.4, 0.5) is 5.69 Å². The Balaban J connectivity index is 2.26. The van der Waals surface area contributed by atoms with E-state index in [2.05, 4.69) is 0 Å². The van der Waals surface area contributed by atoms with E-state index in [9.17, 15) is 4.79 Å². The minimum Gasteiger partial charge on any atom is -0.326 e. The Morgan fingerprint density at radius 2 is 1.74 bits per heavy atom. The lowest BCUT2D eigenvalue weighted by Crippen LogP contribution is -2.26. The summed E-state index contributed by atoms with van der Waals surface area (Å²) in [4.78, 5) is 14.1. The molecule has 0 aromatic heterocycles. The summed E-state index contributed by atoms with van der Waals surface area (Å²) in [5.74, 6) is -0.0159. The molecule has 98 valence electrons. The second-order valence-corrected chi connectivity index (χ2v) is 4.55. The van der Waals surface area contributed by atoms with Crippen molar-refractivity contribution in [2.24, 2.45) is 5.73 Å². The van der Waals surface area contributed by atoms with E-state index in [0.717, 1.165) is 16.8 Å². The molecule has 0 atom stereocenters. The quantitative estimate of drug-likeness (QED) is 0.915. The van der Waals surface area contributed by atoms with Crippen LogP contribution >= 0.6 is 0 Å². The van der Waals surface area contributed by atoms with Gasteiger partial charge >= 0.3 is 0 Å². The van der Waals surface area contributed by atoms with E-state index in [1.54, 1.807) is 11.9 Å². The highest BCUT2D eigenvalue weighted by molar-refractivity contribution is 6.06. The van der Waals surface area contributed by atoms with Crippen LogP contribution in [0.1, 0.15) is 21.5 Å². The molecule has 0 aliphatic rings. The SMILES string of the molecule is Cc1ccccc1N(C)C(=O)c1ccc(CN)cc1. The van der Waals surface area contributed by atoms with Gasteiger partial charge in [-0.3, -0.25) is 4.79 Å². The lowest BCUT2D eigenvalue weighted by molar-refractivity contribution is 0.0993. The predicted octanol–water partition coefficient (Wildman–Crippen LogP) is 2.73. The van der Waals surface area contributed by atoms with Gasteiger partial charge < -0.3 is 10.6 Å². The maximum Gasteiger partial charge on any atom is 0.258 e. The Hall–Kier alpha value is -2.13. The van der Waals surface area contributed by atoms with Gasteiger partial charge in [-0.15, -0.1) is 0 Å². The normalized spacial score (nSPS) is 10.3. The highest BCUT2D eigenvalue weighted by Crippen LogP contribution is 2.20. The van der Waals surface area contributed by atoms with Gasteiger partial charge in [0.25, 0.3) is 5.91 Å². The van der Waals surface area contributed by atoms with Gasteiger partial charge in [-0.05, 0) is 36.2 Å². The standard InChI is InChI=1S/C16H18N2O/c1-12-5-3-4-6-15(12)18(2)16(19)14-9-7-13(11-17)8-10-14/h3-10H,11,17H2,1-2H3. The summed E-state index contributed by atoms with van der Waals surface area (Å²) >= 11 is 0. The molecule has 0 bridgehead atoms. The molecule has 3 nitrogen and oxygen atoms in total. The van der Waals surface area contributed by atoms with Crippen LogP contribution in [0.5, 0.6) is 0 Å². The van der Waals surface area contributed by atoms with Gasteiger partial charge in [0, 0.05) is 24.8 Å². The van der Waals surface area contributed by atoms with Crippen molar-refractivity contribution in [3.8, 4) is 0 Å². The average Bonchev–Trinajstić information content (AvgIpc) is 2.46. The molecule has 0 saturated heterocycles. The third kappa shape index (κ3) is 2.83. The van der Waals surface area contributed by atoms with E-state index in [0.29, 0.717) is 12.1 Å². The fraction of sp³-hybridized carbons (Fsp3) is 0.188. The molecule has 0 aliphatic heterocycles. The highest BCUT2D eigenvalue weighted by atomic mass is 16.2. The number of hydrogen-bond donors (Lipinski definition) is 1. The average molecular weight is 254 g/mol. The highest BCUT2D eigenvalue weighted by Gasteiger charge is 2.14. The van der Waals surface area contributed by atoms with Gasteiger partial charge in [-0.1, -0.05) is 30.3 Å². The lowest BCUT2D eigenvalue weighted by Gasteiger charge is -2.19. The van der Waals surface area contributed by atoms with Crippen molar-refractivity contribution in [2.45, 2.75) is 13.5 Å². The van der Waals surface area contributed by atoms with Crippen LogP contribution in [-0.4, -0.2) is 13.0 Å². The molecule has 0 fully saturated rings. The maximum absolute atomic E-state index is 12.4. The summed E-state index contributed by atoms with van der Waals surface area (Å²) in [6, 6.07) is 15.3. The van der Waals surface area contributed by atoms with E-state index in [4.69, 9.17) is 5.73 Å². The number of aryl methyl sites for hydroxylation is 1. The lowest BCUT2D eigenvalue weighted by atomic mass is 10.1. The van der Waals surface area contributed by atoms with Gasteiger partial charge in [-0.2, -0.15) is 0 Å². The molecule has 2 aromatic carbocycles. The van der Waals surface area contributed by atoms with Gasteiger partial charge in [-0.25, -0.2) is 0 Å². The van der Waals surface area contributed by atoms with Crippen LogP contribution in [0.15, 0.2) is 48.5 Å². The fourth-order valence-electron chi connectivity index (χ4n) is 2.03. The first kappa shape index (κ1) is 13.3. The summed E-state index contributed by atoms with van der Waals surface area (Å²) in [5, 5.41) is 0. The summed E-state index contributed by atoms with van der Waals surface area (Å²) in [5.41, 5.74) is 9.25. The summed E-state index contributed by atoms with van der Waals surface area (Å²) < 4.78 is 0. The van der Waals surface area contributed by atoms with Crippen molar-refractivity contribution < 1.29 is 4.79 Å². The third-order valence-corrected chi connectivity index (χ3v) is 3.22. The molecule has 0 saturated carbocycles. The zero-order valence-electron chi connectivity index (χ0n) is 11.3. The second-order valence-electron chi connectivity index (χ2n) is 4.55. The maximum atomic E-state index is 12.4. The minimum absolute atomic E-state index is 0.0159. The number of amides is 1. The van der Waals surface area contributed by atoms with E-state index in [1.807, 2.05) is 55.5 Å². The van der Waals surface area contributed by atoms with Crippen molar-refractivity contribution >= 4 is 11.6 Å². The summed E-state index contributed by atoms with van der Waals surface area (Å²) in [6.07, 6.45) is 0. The van der Waals surface area contributed by atoms with Crippen molar-refractivity contribution in [1.82, 2.24) is 0 Å². The molecule has 1 amide bonds. The topological polar surface area (TPSA) is 46.3 Å². The zero-order chi connectivity index (χ0) is 13.8. The van der Waals surface area contributed by atoms with E-state index in [-0.39, 0.29) is 5.91 Å². The number of carbonyl (C=O) groups is 1. The first-order chi connectivity index (χ1) is 9.13. The number of rotatable bonds is 3. The second kappa shape index (κ2) is 5.67. The van der Waals surface area contributed by atoms with Crippen LogP contribution in [0.3, 0.4) is 0 Å². The largest absolute Gasteiger partial charge is 0.326 e. The van der Waals surface area contributed by atoms with Crippen molar-refractivity contribution in [3.63, 3.8) is 0 Å². The molecule has 2 aromatic rings. The molecule has 0 aliphatic carbocycles. The number of nitrogens with zero attached hydrogens (tertiary/aromatic N) is 1. The third-order valence-electron chi connectivity index (χ3n) is 3.22.